The molecule has 0 atom stereocenters. The van der Waals surface area contributed by atoms with Gasteiger partial charge >= 0.3 is 6.03 Å². The van der Waals surface area contributed by atoms with Gasteiger partial charge in [-0.2, -0.15) is 5.10 Å². The van der Waals surface area contributed by atoms with E-state index < -0.39 is 17.5 Å². The summed E-state index contributed by atoms with van der Waals surface area (Å²) < 4.78 is 0.978. The highest BCUT2D eigenvalue weighted by atomic mass is 35.5. The number of halogens is 1. The van der Waals surface area contributed by atoms with E-state index in [2.05, 4.69) is 10.1 Å². The summed E-state index contributed by atoms with van der Waals surface area (Å²) >= 11 is 6.18. The van der Waals surface area contributed by atoms with Crippen LogP contribution in [0.25, 0.3) is 32.7 Å². The molecule has 0 bridgehead atoms. The zero-order chi connectivity index (χ0) is 19.6. The fourth-order valence-corrected chi connectivity index (χ4v) is 3.85. The molecular weight excluding hydrogens is 380 g/mol. The van der Waals surface area contributed by atoms with Crippen LogP contribution < -0.4 is 5.56 Å². The lowest BCUT2D eigenvalue weighted by Crippen LogP contribution is -2.38. The molecule has 0 saturated heterocycles. The van der Waals surface area contributed by atoms with Crippen LogP contribution in [0.5, 0.6) is 0 Å². The molecule has 1 aliphatic rings. The van der Waals surface area contributed by atoms with E-state index in [1.54, 1.807) is 37.3 Å². The number of nitrogens with one attached hydrogen (secondary N) is 1. The number of aromatic nitrogens is 2. The molecule has 28 heavy (non-hydrogen) atoms. The second kappa shape index (κ2) is 5.77. The van der Waals surface area contributed by atoms with Crippen LogP contribution in [0.3, 0.4) is 0 Å². The lowest BCUT2D eigenvalue weighted by atomic mass is 10.1. The molecule has 0 radical (unpaired) electrons. The number of carbonyl (C=O) groups excluding carboxylic acids is 2. The fraction of sp³-hybridized carbons (Fsp3) is 0.100. The van der Waals surface area contributed by atoms with Crippen molar-refractivity contribution in [2.75, 3.05) is 0 Å². The van der Waals surface area contributed by atoms with E-state index in [1.165, 1.54) is 0 Å². The second-order valence-electron chi connectivity index (χ2n) is 6.72. The van der Waals surface area contributed by atoms with Crippen molar-refractivity contribution in [3.05, 3.63) is 57.8 Å². The summed E-state index contributed by atoms with van der Waals surface area (Å²) in [6, 6.07) is 11.5. The van der Waals surface area contributed by atoms with Crippen molar-refractivity contribution in [1.82, 2.24) is 14.6 Å². The number of hydrogen-bond donors (Lipinski definition) is 1. The standard InChI is InChI=1S/C20H13ClN4O3/c1-10-8-16(26)25(23-10)20(28)24-18-17(12-4-2-3-5-13(12)19(24)27)14-9-11(21)6-7-15(14)22-18/h2-7,9,22H,8H2,1H3. The van der Waals surface area contributed by atoms with Crippen molar-refractivity contribution in [2.24, 2.45) is 5.10 Å². The Bertz CT molecular complexity index is 1430. The summed E-state index contributed by atoms with van der Waals surface area (Å²) in [6.45, 7) is 1.66. The maximum atomic E-state index is 13.2. The van der Waals surface area contributed by atoms with Gasteiger partial charge in [-0.15, -0.1) is 5.01 Å². The Morgan fingerprint density at radius 2 is 1.86 bits per heavy atom. The molecule has 0 aliphatic carbocycles. The Balaban J connectivity index is 1.95. The van der Waals surface area contributed by atoms with Gasteiger partial charge in [0.25, 0.3) is 11.5 Å². The average molecular weight is 393 g/mol. The summed E-state index contributed by atoms with van der Waals surface area (Å²) in [7, 11) is 0. The summed E-state index contributed by atoms with van der Waals surface area (Å²) in [4.78, 5) is 41.6. The number of fused-ring (bicyclic) bond motifs is 5. The molecule has 7 nitrogen and oxygen atoms in total. The van der Waals surface area contributed by atoms with Gasteiger partial charge in [0, 0.05) is 32.4 Å². The lowest BCUT2D eigenvalue weighted by molar-refractivity contribution is -0.125. The van der Waals surface area contributed by atoms with Gasteiger partial charge in [-0.3, -0.25) is 9.59 Å². The Kier molecular flexibility index (Phi) is 3.44. The number of imide groups is 1. The first-order chi connectivity index (χ1) is 13.5. The average Bonchev–Trinajstić information content (AvgIpc) is 3.20. The van der Waals surface area contributed by atoms with Crippen molar-refractivity contribution in [3.63, 3.8) is 0 Å². The summed E-state index contributed by atoms with van der Waals surface area (Å²) in [5, 5.41) is 7.84. The molecule has 0 spiro atoms. The summed E-state index contributed by atoms with van der Waals surface area (Å²) in [5.41, 5.74) is 1.04. The number of nitrogens with zero attached hydrogens (tertiary/aromatic N) is 3. The van der Waals surface area contributed by atoms with Crippen molar-refractivity contribution >= 4 is 62.0 Å². The minimum absolute atomic E-state index is 0.0551. The molecule has 1 aliphatic heterocycles. The first-order valence-corrected chi connectivity index (χ1v) is 8.99. The van der Waals surface area contributed by atoms with Gasteiger partial charge in [-0.25, -0.2) is 9.36 Å². The summed E-state index contributed by atoms with van der Waals surface area (Å²) in [6.07, 6.45) is 0.0551. The van der Waals surface area contributed by atoms with Crippen molar-refractivity contribution in [1.29, 1.82) is 0 Å². The molecule has 1 N–H and O–H groups in total. The van der Waals surface area contributed by atoms with E-state index in [0.717, 1.165) is 20.5 Å². The van der Waals surface area contributed by atoms with Crippen molar-refractivity contribution in [3.8, 4) is 0 Å². The molecule has 0 saturated carbocycles. The molecule has 2 aromatic heterocycles. The second-order valence-corrected chi connectivity index (χ2v) is 7.16. The van der Waals surface area contributed by atoms with Crippen LogP contribution in [0.1, 0.15) is 13.3 Å². The molecule has 0 unspecified atom stereocenters. The van der Waals surface area contributed by atoms with Crippen LogP contribution in [0.15, 0.2) is 52.4 Å². The quantitative estimate of drug-likeness (QED) is 0.492. The predicted molar refractivity (Wildman–Crippen MR) is 108 cm³/mol. The largest absolute Gasteiger partial charge is 0.360 e. The number of carbonyl (C=O) groups is 2. The van der Waals surface area contributed by atoms with Gasteiger partial charge in [0.1, 0.15) is 5.65 Å². The zero-order valence-electron chi connectivity index (χ0n) is 14.7. The van der Waals surface area contributed by atoms with Crippen LogP contribution in [0, 0.1) is 0 Å². The summed E-state index contributed by atoms with van der Waals surface area (Å²) in [5.74, 6) is -0.463. The number of hydrogen-bond acceptors (Lipinski definition) is 4. The Morgan fingerprint density at radius 1 is 1.11 bits per heavy atom. The number of rotatable bonds is 0. The van der Waals surface area contributed by atoms with Gasteiger partial charge in [0.05, 0.1) is 6.42 Å². The van der Waals surface area contributed by atoms with E-state index in [0.29, 0.717) is 32.5 Å². The maximum Gasteiger partial charge on any atom is 0.360 e. The smallest absolute Gasteiger partial charge is 0.340 e. The normalized spacial score (nSPS) is 14.4. The van der Waals surface area contributed by atoms with Gasteiger partial charge in [0.15, 0.2) is 0 Å². The Morgan fingerprint density at radius 3 is 2.57 bits per heavy atom. The highest BCUT2D eigenvalue weighted by molar-refractivity contribution is 6.32. The molecule has 4 aromatic rings. The lowest BCUT2D eigenvalue weighted by Gasteiger charge is -2.13. The Labute approximate surface area is 162 Å². The van der Waals surface area contributed by atoms with E-state index >= 15 is 0 Å². The molecule has 5 rings (SSSR count). The topological polar surface area (TPSA) is 87.5 Å². The van der Waals surface area contributed by atoms with E-state index in [-0.39, 0.29) is 6.42 Å². The Hall–Kier alpha value is -3.45. The number of amides is 2. The third-order valence-corrected chi connectivity index (χ3v) is 5.12. The maximum absolute atomic E-state index is 13.2. The molecular formula is C20H13ClN4O3. The van der Waals surface area contributed by atoms with E-state index in [4.69, 9.17) is 11.6 Å². The number of H-pyrrole nitrogens is 1. The van der Waals surface area contributed by atoms with Gasteiger partial charge < -0.3 is 4.98 Å². The van der Waals surface area contributed by atoms with Crippen LogP contribution >= 0.6 is 11.6 Å². The first kappa shape index (κ1) is 16.7. The molecule has 3 heterocycles. The minimum Gasteiger partial charge on any atom is -0.340 e. The zero-order valence-corrected chi connectivity index (χ0v) is 15.4. The van der Waals surface area contributed by atoms with Gasteiger partial charge in [-0.05, 0) is 36.6 Å². The number of hydrazone groups is 1. The molecule has 0 fully saturated rings. The van der Waals surface area contributed by atoms with Gasteiger partial charge in [0.2, 0.25) is 0 Å². The van der Waals surface area contributed by atoms with Crippen LogP contribution in [0.2, 0.25) is 5.02 Å². The van der Waals surface area contributed by atoms with Crippen LogP contribution in [-0.2, 0) is 4.79 Å². The molecule has 8 heteroatoms. The van der Waals surface area contributed by atoms with Gasteiger partial charge in [-0.1, -0.05) is 29.8 Å². The van der Waals surface area contributed by atoms with Crippen LogP contribution in [0.4, 0.5) is 4.79 Å². The number of pyridine rings is 1. The predicted octanol–water partition coefficient (Wildman–Crippen LogP) is 3.87. The number of benzene rings is 2. The molecule has 2 amide bonds. The number of aromatic amines is 1. The highest BCUT2D eigenvalue weighted by Gasteiger charge is 2.31. The van der Waals surface area contributed by atoms with Crippen molar-refractivity contribution < 1.29 is 9.59 Å². The van der Waals surface area contributed by atoms with E-state index in [1.807, 2.05) is 12.1 Å². The third kappa shape index (κ3) is 2.23. The third-order valence-electron chi connectivity index (χ3n) is 4.88. The highest BCUT2D eigenvalue weighted by Crippen LogP contribution is 2.32. The first-order valence-electron chi connectivity index (χ1n) is 8.62. The SMILES string of the molecule is CC1=NN(C(=O)n2c(=O)c3ccccc3c3c4cc(Cl)ccc4[nH]c32)C(=O)C1. The minimum atomic E-state index is -0.805. The van der Waals surface area contributed by atoms with Crippen molar-refractivity contribution in [2.45, 2.75) is 13.3 Å². The molecule has 2 aromatic carbocycles. The fourth-order valence-electron chi connectivity index (χ4n) is 3.68. The molecule has 138 valence electrons. The van der Waals surface area contributed by atoms with Crippen LogP contribution in [-0.4, -0.2) is 32.2 Å². The van der Waals surface area contributed by atoms with E-state index in [9.17, 15) is 14.4 Å². The monoisotopic (exact) mass is 392 g/mol.